The van der Waals surface area contributed by atoms with Gasteiger partial charge in [0.15, 0.2) is 0 Å². The van der Waals surface area contributed by atoms with E-state index in [2.05, 4.69) is 5.32 Å². The van der Waals surface area contributed by atoms with Gasteiger partial charge in [-0.05, 0) is 36.7 Å². The fourth-order valence-corrected chi connectivity index (χ4v) is 3.52. The first-order valence-electron chi connectivity index (χ1n) is 9.21. The van der Waals surface area contributed by atoms with Gasteiger partial charge in [0.2, 0.25) is 0 Å². The van der Waals surface area contributed by atoms with E-state index < -0.39 is 23.3 Å². The lowest BCUT2D eigenvalue weighted by Crippen LogP contribution is -2.44. The van der Waals surface area contributed by atoms with Gasteiger partial charge in [-0.2, -0.15) is 13.2 Å². The zero-order chi connectivity index (χ0) is 21.2. The summed E-state index contributed by atoms with van der Waals surface area (Å²) in [5.74, 6) is -0.338. The molecule has 3 rings (SSSR count). The number of nitrogens with zero attached hydrogens (tertiary/aromatic N) is 2. The smallest absolute Gasteiger partial charge is 0.319 e. The fraction of sp³-hybridized carbons (Fsp3) is 0.333. The number of carbonyl (C=O) groups is 2. The van der Waals surface area contributed by atoms with Crippen molar-refractivity contribution in [3.8, 4) is 0 Å². The molecule has 1 aliphatic heterocycles. The van der Waals surface area contributed by atoms with Gasteiger partial charge in [-0.3, -0.25) is 9.69 Å². The maximum absolute atomic E-state index is 13.1. The van der Waals surface area contributed by atoms with Crippen LogP contribution in [0.25, 0.3) is 0 Å². The number of amides is 3. The summed E-state index contributed by atoms with van der Waals surface area (Å²) in [7, 11) is 1.70. The number of benzene rings is 2. The van der Waals surface area contributed by atoms with Crippen LogP contribution >= 0.6 is 0 Å². The third-order valence-corrected chi connectivity index (χ3v) is 5.09. The summed E-state index contributed by atoms with van der Waals surface area (Å²) in [6, 6.07) is 13.4. The highest BCUT2D eigenvalue weighted by molar-refractivity contribution is 6.07. The minimum absolute atomic E-state index is 0.0280. The van der Waals surface area contributed by atoms with E-state index in [-0.39, 0.29) is 12.6 Å². The Bertz CT molecular complexity index is 884. The van der Waals surface area contributed by atoms with Gasteiger partial charge < -0.3 is 5.32 Å². The van der Waals surface area contributed by atoms with Crippen LogP contribution in [0.2, 0.25) is 0 Å². The zero-order valence-electron chi connectivity index (χ0n) is 16.2. The molecule has 5 nitrogen and oxygen atoms in total. The lowest BCUT2D eigenvalue weighted by Gasteiger charge is -2.27. The molecule has 8 heteroatoms. The summed E-state index contributed by atoms with van der Waals surface area (Å²) >= 11 is 0. The van der Waals surface area contributed by atoms with Gasteiger partial charge in [0, 0.05) is 6.54 Å². The molecule has 1 aliphatic rings. The van der Waals surface area contributed by atoms with Crippen LogP contribution < -0.4 is 5.32 Å². The molecule has 0 saturated carbocycles. The van der Waals surface area contributed by atoms with E-state index >= 15 is 0 Å². The SMILES string of the molecule is CC[C@@]1(c2ccccc2)NC(=O)N(CN(C)Cc2ccc(C(F)(F)F)cc2)C1=O. The van der Waals surface area contributed by atoms with Crippen molar-refractivity contribution in [1.29, 1.82) is 0 Å². The Labute approximate surface area is 167 Å². The van der Waals surface area contributed by atoms with Crippen LogP contribution in [0.3, 0.4) is 0 Å². The number of nitrogens with one attached hydrogen (secondary N) is 1. The van der Waals surface area contributed by atoms with E-state index in [0.717, 1.165) is 17.0 Å². The van der Waals surface area contributed by atoms with Crippen molar-refractivity contribution in [3.05, 3.63) is 71.3 Å². The summed E-state index contributed by atoms with van der Waals surface area (Å²) in [6.45, 7) is 2.15. The Balaban J connectivity index is 1.71. The normalized spacial score (nSPS) is 19.7. The lowest BCUT2D eigenvalue weighted by molar-refractivity contribution is -0.137. The lowest BCUT2D eigenvalue weighted by atomic mass is 9.87. The maximum atomic E-state index is 13.1. The van der Waals surface area contributed by atoms with Crippen LogP contribution in [0.4, 0.5) is 18.0 Å². The second kappa shape index (κ2) is 7.87. The van der Waals surface area contributed by atoms with Crippen molar-refractivity contribution in [1.82, 2.24) is 15.1 Å². The molecule has 0 unspecified atom stereocenters. The van der Waals surface area contributed by atoms with Crippen LogP contribution in [-0.2, 0) is 23.1 Å². The standard InChI is InChI=1S/C21H22F3N3O2/c1-3-20(16-7-5-4-6-8-16)18(28)27(19(29)25-20)14-26(2)13-15-9-11-17(12-10-15)21(22,23)24/h4-12H,3,13-14H2,1-2H3,(H,25,29)/t20-/m0/s1. The predicted octanol–water partition coefficient (Wildman–Crippen LogP) is 3.95. The van der Waals surface area contributed by atoms with Crippen LogP contribution in [0.5, 0.6) is 0 Å². The van der Waals surface area contributed by atoms with Crippen LogP contribution in [0, 0.1) is 0 Å². The molecule has 1 saturated heterocycles. The Morgan fingerprint density at radius 2 is 1.66 bits per heavy atom. The molecule has 0 aromatic heterocycles. The molecular weight excluding hydrogens is 383 g/mol. The van der Waals surface area contributed by atoms with Crippen molar-refractivity contribution >= 4 is 11.9 Å². The molecule has 0 bridgehead atoms. The van der Waals surface area contributed by atoms with Gasteiger partial charge in [0.25, 0.3) is 5.91 Å². The highest BCUT2D eigenvalue weighted by Crippen LogP contribution is 2.32. The summed E-state index contributed by atoms with van der Waals surface area (Å²) in [4.78, 5) is 28.5. The van der Waals surface area contributed by atoms with Crippen molar-refractivity contribution < 1.29 is 22.8 Å². The molecular formula is C21H22F3N3O2. The number of carbonyl (C=O) groups excluding carboxylic acids is 2. The van der Waals surface area contributed by atoms with Crippen molar-refractivity contribution in [2.75, 3.05) is 13.7 Å². The van der Waals surface area contributed by atoms with Gasteiger partial charge in [0.1, 0.15) is 5.54 Å². The quantitative estimate of drug-likeness (QED) is 0.741. The van der Waals surface area contributed by atoms with Gasteiger partial charge in [-0.25, -0.2) is 9.69 Å². The minimum Gasteiger partial charge on any atom is -0.319 e. The summed E-state index contributed by atoms with van der Waals surface area (Å²) < 4.78 is 38.1. The average molecular weight is 405 g/mol. The molecule has 1 N–H and O–H groups in total. The molecule has 0 aliphatic carbocycles. The Morgan fingerprint density at radius 1 is 1.03 bits per heavy atom. The maximum Gasteiger partial charge on any atom is 0.416 e. The Kier molecular flexibility index (Phi) is 5.66. The summed E-state index contributed by atoms with van der Waals surface area (Å²) in [5.41, 5.74) is -0.451. The van der Waals surface area contributed by atoms with Crippen molar-refractivity contribution in [2.24, 2.45) is 0 Å². The van der Waals surface area contributed by atoms with Gasteiger partial charge in [-0.1, -0.05) is 49.4 Å². The fourth-order valence-electron chi connectivity index (χ4n) is 3.52. The van der Waals surface area contributed by atoms with E-state index in [1.165, 1.54) is 12.1 Å². The first-order chi connectivity index (χ1) is 13.7. The van der Waals surface area contributed by atoms with Crippen LogP contribution in [0.1, 0.15) is 30.0 Å². The highest BCUT2D eigenvalue weighted by atomic mass is 19.4. The molecule has 1 fully saturated rings. The topological polar surface area (TPSA) is 52.7 Å². The van der Waals surface area contributed by atoms with E-state index in [4.69, 9.17) is 0 Å². The zero-order valence-corrected chi connectivity index (χ0v) is 16.2. The molecule has 1 heterocycles. The van der Waals surface area contributed by atoms with Crippen molar-refractivity contribution in [2.45, 2.75) is 31.6 Å². The summed E-state index contributed by atoms with van der Waals surface area (Å²) in [5, 5.41) is 2.81. The number of hydrogen-bond acceptors (Lipinski definition) is 3. The predicted molar refractivity (Wildman–Crippen MR) is 102 cm³/mol. The van der Waals surface area contributed by atoms with E-state index in [9.17, 15) is 22.8 Å². The minimum atomic E-state index is -4.38. The monoisotopic (exact) mass is 405 g/mol. The third kappa shape index (κ3) is 4.12. The van der Waals surface area contributed by atoms with Crippen LogP contribution in [-0.4, -0.2) is 35.5 Å². The van der Waals surface area contributed by atoms with E-state index in [1.807, 2.05) is 25.1 Å². The third-order valence-electron chi connectivity index (χ3n) is 5.09. The largest absolute Gasteiger partial charge is 0.416 e. The molecule has 154 valence electrons. The number of imide groups is 1. The number of alkyl halides is 3. The first-order valence-corrected chi connectivity index (χ1v) is 9.21. The number of rotatable bonds is 6. The molecule has 0 spiro atoms. The van der Waals surface area contributed by atoms with Crippen LogP contribution in [0.15, 0.2) is 54.6 Å². The number of hydrogen-bond donors (Lipinski definition) is 1. The number of halogens is 3. The van der Waals surface area contributed by atoms with E-state index in [1.54, 1.807) is 24.1 Å². The van der Waals surface area contributed by atoms with Gasteiger partial charge in [0.05, 0.1) is 12.2 Å². The highest BCUT2D eigenvalue weighted by Gasteiger charge is 2.51. The molecule has 2 aromatic rings. The van der Waals surface area contributed by atoms with Gasteiger partial charge in [-0.15, -0.1) is 0 Å². The van der Waals surface area contributed by atoms with Crippen molar-refractivity contribution in [3.63, 3.8) is 0 Å². The molecule has 2 aromatic carbocycles. The molecule has 1 atom stereocenters. The molecule has 0 radical (unpaired) electrons. The molecule has 29 heavy (non-hydrogen) atoms. The second-order valence-corrected chi connectivity index (χ2v) is 7.14. The Morgan fingerprint density at radius 3 is 2.21 bits per heavy atom. The second-order valence-electron chi connectivity index (χ2n) is 7.14. The first kappa shape index (κ1) is 20.9. The molecule has 3 amide bonds. The number of urea groups is 1. The van der Waals surface area contributed by atoms with E-state index in [0.29, 0.717) is 24.1 Å². The van der Waals surface area contributed by atoms with Gasteiger partial charge >= 0.3 is 12.2 Å². The summed E-state index contributed by atoms with van der Waals surface area (Å²) in [6.07, 6.45) is -3.98. The average Bonchev–Trinajstić information content (AvgIpc) is 2.93. The Hall–Kier alpha value is -2.87.